The highest BCUT2D eigenvalue weighted by Crippen LogP contribution is 2.36. The highest BCUT2D eigenvalue weighted by Gasteiger charge is 2.44. The van der Waals surface area contributed by atoms with Crippen LogP contribution in [-0.2, 0) is 38.2 Å². The van der Waals surface area contributed by atoms with Gasteiger partial charge in [0.1, 0.15) is 11.9 Å². The Morgan fingerprint density at radius 2 is 1.53 bits per heavy atom. The van der Waals surface area contributed by atoms with E-state index >= 15 is 0 Å². The van der Waals surface area contributed by atoms with E-state index in [0.717, 1.165) is 18.4 Å². The monoisotopic (exact) mass is 828 g/mol. The minimum absolute atomic E-state index is 0.00425. The van der Waals surface area contributed by atoms with Gasteiger partial charge in [0.25, 0.3) is 0 Å². The number of aliphatic hydroxyl groups excluding tert-OH is 1. The fraction of sp³-hybridized carbons (Fsp3) is 0.766. The van der Waals surface area contributed by atoms with E-state index in [4.69, 9.17) is 14.2 Å². The van der Waals surface area contributed by atoms with Crippen molar-refractivity contribution in [3.8, 4) is 0 Å². The maximum absolute atomic E-state index is 14.3. The van der Waals surface area contributed by atoms with Crippen molar-refractivity contribution in [1.82, 2.24) is 15.1 Å². The molecule has 334 valence electrons. The molecule has 1 aliphatic carbocycles. The number of Topliss-reactive ketones (excluding diaryl/α,β-unsaturated/α-hetero) is 2. The lowest BCUT2D eigenvalue weighted by Gasteiger charge is -2.41. The van der Waals surface area contributed by atoms with Gasteiger partial charge in [-0.25, -0.2) is 0 Å². The van der Waals surface area contributed by atoms with E-state index in [1.807, 2.05) is 76.8 Å². The van der Waals surface area contributed by atoms with E-state index in [1.54, 1.807) is 33.2 Å². The molecule has 1 heterocycles. The maximum Gasteiger partial charge on any atom is 0.309 e. The fourth-order valence-electron chi connectivity index (χ4n) is 9.58. The minimum Gasteiger partial charge on any atom is -0.457 e. The van der Waals surface area contributed by atoms with Crippen LogP contribution in [0.4, 0.5) is 0 Å². The average Bonchev–Trinajstić information content (AvgIpc) is 3.88. The minimum atomic E-state index is -0.640. The molecule has 12 heteroatoms. The summed E-state index contributed by atoms with van der Waals surface area (Å²) in [4.78, 5) is 72.9. The Hall–Kier alpha value is -3.19. The lowest BCUT2D eigenvalue weighted by molar-refractivity contribution is -0.158. The number of hydrogen-bond acceptors (Lipinski definition) is 10. The average molecular weight is 828 g/mol. The molecule has 0 radical (unpaired) electrons. The summed E-state index contributed by atoms with van der Waals surface area (Å²) in [5.41, 5.74) is 0.806. The molecule has 2 unspecified atom stereocenters. The molecular formula is C47H77N3O9. The van der Waals surface area contributed by atoms with Crippen LogP contribution < -0.4 is 5.32 Å². The van der Waals surface area contributed by atoms with Gasteiger partial charge in [0.05, 0.1) is 48.8 Å². The van der Waals surface area contributed by atoms with Crippen molar-refractivity contribution < 1.29 is 43.3 Å². The van der Waals surface area contributed by atoms with Crippen LogP contribution in [0.2, 0.25) is 0 Å². The number of carbonyl (C=O) groups is 5. The Labute approximate surface area is 354 Å². The second kappa shape index (κ2) is 23.7. The van der Waals surface area contributed by atoms with Crippen molar-refractivity contribution in [2.75, 3.05) is 34.9 Å². The van der Waals surface area contributed by atoms with Gasteiger partial charge in [0.15, 0.2) is 5.78 Å². The number of ketones is 2. The Bertz CT molecular complexity index is 1500. The number of carbonyl (C=O) groups excluding carboxylic acids is 5. The van der Waals surface area contributed by atoms with Gasteiger partial charge in [0, 0.05) is 58.4 Å². The number of methoxy groups -OCH3 is 2. The van der Waals surface area contributed by atoms with Crippen LogP contribution in [0.1, 0.15) is 125 Å². The van der Waals surface area contributed by atoms with Crippen molar-refractivity contribution in [3.05, 3.63) is 35.9 Å². The Balaban J connectivity index is 1.77. The summed E-state index contributed by atoms with van der Waals surface area (Å²) < 4.78 is 18.2. The quantitative estimate of drug-likeness (QED) is 0.112. The number of esters is 1. The van der Waals surface area contributed by atoms with Crippen LogP contribution in [0.3, 0.4) is 0 Å². The number of aliphatic hydroxyl groups is 1. The predicted octanol–water partition coefficient (Wildman–Crippen LogP) is 6.42. The number of likely N-dealkylation sites (tertiary alicyclic amines) is 1. The van der Waals surface area contributed by atoms with Gasteiger partial charge in [-0.15, -0.1) is 0 Å². The maximum atomic E-state index is 14.3. The smallest absolute Gasteiger partial charge is 0.309 e. The second-order valence-electron chi connectivity index (χ2n) is 18.2. The summed E-state index contributed by atoms with van der Waals surface area (Å²) in [6.45, 7) is 16.3. The van der Waals surface area contributed by atoms with E-state index in [-0.39, 0.29) is 90.3 Å². The number of benzene rings is 1. The van der Waals surface area contributed by atoms with Gasteiger partial charge in [-0.2, -0.15) is 0 Å². The number of amides is 2. The first-order chi connectivity index (χ1) is 27.9. The first kappa shape index (κ1) is 50.2. The predicted molar refractivity (Wildman–Crippen MR) is 229 cm³/mol. The molecule has 2 N–H and O–H groups in total. The molecule has 1 aromatic carbocycles. The third kappa shape index (κ3) is 13.2. The van der Waals surface area contributed by atoms with Crippen LogP contribution in [0.5, 0.6) is 0 Å². The summed E-state index contributed by atoms with van der Waals surface area (Å²) in [7, 11) is 6.70. The Morgan fingerprint density at radius 3 is 2.05 bits per heavy atom. The third-order valence-electron chi connectivity index (χ3n) is 13.4. The van der Waals surface area contributed by atoms with Crippen LogP contribution in [0.15, 0.2) is 30.3 Å². The largest absolute Gasteiger partial charge is 0.457 e. The van der Waals surface area contributed by atoms with Crippen molar-refractivity contribution >= 4 is 29.4 Å². The van der Waals surface area contributed by atoms with Crippen molar-refractivity contribution in [2.24, 2.45) is 41.4 Å². The fourth-order valence-corrected chi connectivity index (χ4v) is 9.58. The molecule has 1 saturated heterocycles. The molecule has 12 nitrogen and oxygen atoms in total. The summed E-state index contributed by atoms with van der Waals surface area (Å²) in [5, 5.41) is 13.1. The van der Waals surface area contributed by atoms with Crippen LogP contribution in [-0.4, -0.2) is 116 Å². The molecule has 59 heavy (non-hydrogen) atoms. The lowest BCUT2D eigenvalue weighted by atomic mass is 9.84. The number of rotatable bonds is 24. The molecule has 2 fully saturated rings. The van der Waals surface area contributed by atoms with Crippen LogP contribution >= 0.6 is 0 Å². The lowest BCUT2D eigenvalue weighted by Crippen LogP contribution is -2.54. The molecule has 12 atom stereocenters. The van der Waals surface area contributed by atoms with Crippen molar-refractivity contribution in [2.45, 2.75) is 156 Å². The van der Waals surface area contributed by atoms with Crippen molar-refractivity contribution in [1.29, 1.82) is 0 Å². The molecule has 0 spiro atoms. The van der Waals surface area contributed by atoms with E-state index in [1.165, 1.54) is 0 Å². The van der Waals surface area contributed by atoms with Gasteiger partial charge >= 0.3 is 5.97 Å². The van der Waals surface area contributed by atoms with Gasteiger partial charge in [-0.3, -0.25) is 24.0 Å². The number of likely N-dealkylation sites (N-methyl/N-ethyl adjacent to an activating group) is 2. The van der Waals surface area contributed by atoms with Gasteiger partial charge in [-0.1, -0.05) is 92.1 Å². The van der Waals surface area contributed by atoms with E-state index in [0.29, 0.717) is 32.2 Å². The number of nitrogens with one attached hydrogen (secondary N) is 1. The standard InChI is InChI=1S/C47H77N3O9/c1-13-30(6)43(49(10)46(55)36(28(2)3)26-39(53)42(48-9)29(4)5)40(57-11)27-41(54)50-23-17-20-37(50)45(58-12)32(8)38(52)24-31(7)44(33-18-15-14-16-19-33)59-47(56)34-21-22-35(51)25-34/h14-16,18-19,28-32,34-37,40,42-45,48,51H,13,17,20-27H2,1-12H3/t30-,31-,32-,34?,35+,36-,37-,40?,42-,43-,44+,45+/m0/s1. The van der Waals surface area contributed by atoms with Crippen LogP contribution in [0, 0.1) is 41.4 Å². The molecule has 0 aromatic heterocycles. The SMILES string of the molecule is CC[C@H](C)[C@@H](C(CC(=O)N1CCC[C@H]1[C@H](OC)[C@@H](C)C(=O)C[C@H](C)[C@@H](OC(=O)C1CC[C@@H](O)C1)c1ccccc1)OC)N(C)C(=O)[C@@H](CC(=O)[C@@H](NC)C(C)C)C(C)C. The van der Waals surface area contributed by atoms with Crippen LogP contribution in [0.25, 0.3) is 0 Å². The van der Waals surface area contributed by atoms with Gasteiger partial charge in [0.2, 0.25) is 11.8 Å². The first-order valence-corrected chi connectivity index (χ1v) is 22.2. The second-order valence-corrected chi connectivity index (χ2v) is 18.2. The topological polar surface area (TPSA) is 152 Å². The van der Waals surface area contributed by atoms with E-state index in [2.05, 4.69) is 19.2 Å². The summed E-state index contributed by atoms with van der Waals surface area (Å²) in [6.07, 6.45) is 1.70. The Kier molecular flexibility index (Phi) is 20.2. The normalized spacial score (nSPS) is 22.9. The molecule has 2 aliphatic rings. The third-order valence-corrected chi connectivity index (χ3v) is 13.4. The zero-order chi connectivity index (χ0) is 44.1. The molecule has 1 aromatic rings. The molecule has 0 bridgehead atoms. The number of ether oxygens (including phenoxy) is 3. The number of nitrogens with zero attached hydrogens (tertiary/aromatic N) is 2. The molecule has 3 rings (SSSR count). The number of hydrogen-bond donors (Lipinski definition) is 2. The molecular weight excluding hydrogens is 751 g/mol. The van der Waals surface area contributed by atoms with Crippen molar-refractivity contribution in [3.63, 3.8) is 0 Å². The highest BCUT2D eigenvalue weighted by atomic mass is 16.5. The molecule has 2 amide bonds. The summed E-state index contributed by atoms with van der Waals surface area (Å²) in [6, 6.07) is 8.35. The zero-order valence-corrected chi connectivity index (χ0v) is 38.1. The summed E-state index contributed by atoms with van der Waals surface area (Å²) in [5.74, 6) is -2.41. The van der Waals surface area contributed by atoms with Gasteiger partial charge < -0.3 is 34.4 Å². The van der Waals surface area contributed by atoms with Gasteiger partial charge in [-0.05, 0) is 62.5 Å². The summed E-state index contributed by atoms with van der Waals surface area (Å²) >= 11 is 0. The highest BCUT2D eigenvalue weighted by molar-refractivity contribution is 5.90. The van der Waals surface area contributed by atoms with E-state index < -0.39 is 42.3 Å². The van der Waals surface area contributed by atoms with E-state index in [9.17, 15) is 29.1 Å². The molecule has 1 aliphatic heterocycles. The first-order valence-electron chi connectivity index (χ1n) is 22.2. The molecule has 1 saturated carbocycles. The zero-order valence-electron chi connectivity index (χ0n) is 38.1. The Morgan fingerprint density at radius 1 is 0.864 bits per heavy atom.